The SMILES string of the molecule is COc1ccc(-c2c(C)oc3cc(OC(=O)C(C)C)ccc3c2=O)cc1. The van der Waals surface area contributed by atoms with Crippen LogP contribution in [0.15, 0.2) is 51.7 Å². The van der Waals surface area contributed by atoms with E-state index in [-0.39, 0.29) is 17.3 Å². The fourth-order valence-electron chi connectivity index (χ4n) is 2.67. The molecular weight excluding hydrogens is 332 g/mol. The molecule has 0 radical (unpaired) electrons. The molecule has 0 spiro atoms. The minimum absolute atomic E-state index is 0.129. The third-order valence-electron chi connectivity index (χ3n) is 4.11. The molecule has 0 unspecified atom stereocenters. The van der Waals surface area contributed by atoms with Gasteiger partial charge in [-0.2, -0.15) is 0 Å². The van der Waals surface area contributed by atoms with Crippen LogP contribution in [0.5, 0.6) is 11.5 Å². The largest absolute Gasteiger partial charge is 0.497 e. The van der Waals surface area contributed by atoms with Crippen molar-refractivity contribution in [1.29, 1.82) is 0 Å². The molecule has 3 rings (SSSR count). The molecule has 0 amide bonds. The van der Waals surface area contributed by atoms with Crippen LogP contribution in [0, 0.1) is 12.8 Å². The minimum atomic E-state index is -0.335. The molecule has 0 N–H and O–H groups in total. The van der Waals surface area contributed by atoms with Gasteiger partial charge >= 0.3 is 5.97 Å². The van der Waals surface area contributed by atoms with E-state index in [0.29, 0.717) is 33.8 Å². The fourth-order valence-corrected chi connectivity index (χ4v) is 2.67. The average Bonchev–Trinajstić information content (AvgIpc) is 2.62. The van der Waals surface area contributed by atoms with Crippen LogP contribution < -0.4 is 14.9 Å². The van der Waals surface area contributed by atoms with Crippen molar-refractivity contribution in [3.63, 3.8) is 0 Å². The van der Waals surface area contributed by atoms with Crippen molar-refractivity contribution >= 4 is 16.9 Å². The van der Waals surface area contributed by atoms with Crippen LogP contribution in [0.2, 0.25) is 0 Å². The van der Waals surface area contributed by atoms with Crippen molar-refractivity contribution in [2.75, 3.05) is 7.11 Å². The first-order valence-corrected chi connectivity index (χ1v) is 8.34. The number of methoxy groups -OCH3 is 1. The molecule has 0 aliphatic carbocycles. The van der Waals surface area contributed by atoms with Gasteiger partial charge in [0.05, 0.1) is 24.0 Å². The van der Waals surface area contributed by atoms with Gasteiger partial charge in [-0.05, 0) is 36.8 Å². The molecule has 1 heterocycles. The predicted molar refractivity (Wildman–Crippen MR) is 99.7 cm³/mol. The first kappa shape index (κ1) is 17.7. The van der Waals surface area contributed by atoms with Gasteiger partial charge in [0.25, 0.3) is 0 Å². The van der Waals surface area contributed by atoms with Crippen LogP contribution in [0.25, 0.3) is 22.1 Å². The van der Waals surface area contributed by atoms with Crippen LogP contribution >= 0.6 is 0 Å². The Kier molecular flexibility index (Phi) is 4.80. The standard InChI is InChI=1S/C21H20O5/c1-12(2)21(23)26-16-9-10-17-18(11-16)25-13(3)19(20(17)22)14-5-7-15(24-4)8-6-14/h5-12H,1-4H3. The lowest BCUT2D eigenvalue weighted by molar-refractivity contribution is -0.137. The maximum Gasteiger partial charge on any atom is 0.313 e. The smallest absolute Gasteiger partial charge is 0.313 e. The van der Waals surface area contributed by atoms with E-state index in [0.717, 1.165) is 5.56 Å². The zero-order valence-electron chi connectivity index (χ0n) is 15.2. The molecule has 0 bridgehead atoms. The Balaban J connectivity index is 2.07. The molecule has 3 aromatic rings. The van der Waals surface area contributed by atoms with Gasteiger partial charge in [-0.1, -0.05) is 26.0 Å². The van der Waals surface area contributed by atoms with Crippen LogP contribution in [-0.4, -0.2) is 13.1 Å². The summed E-state index contributed by atoms with van der Waals surface area (Å²) in [4.78, 5) is 24.7. The Morgan fingerprint density at radius 3 is 2.31 bits per heavy atom. The summed E-state index contributed by atoms with van der Waals surface area (Å²) < 4.78 is 16.3. The molecule has 0 fully saturated rings. The maximum atomic E-state index is 12.9. The maximum absolute atomic E-state index is 12.9. The van der Waals surface area contributed by atoms with Crippen molar-refractivity contribution in [3.05, 3.63) is 58.4 Å². The first-order chi connectivity index (χ1) is 12.4. The van der Waals surface area contributed by atoms with E-state index >= 15 is 0 Å². The summed E-state index contributed by atoms with van der Waals surface area (Å²) >= 11 is 0. The summed E-state index contributed by atoms with van der Waals surface area (Å²) in [6.07, 6.45) is 0. The summed E-state index contributed by atoms with van der Waals surface area (Å²) in [5.41, 5.74) is 1.52. The quantitative estimate of drug-likeness (QED) is 0.516. The van der Waals surface area contributed by atoms with E-state index in [4.69, 9.17) is 13.9 Å². The number of aryl methyl sites for hydroxylation is 1. The number of benzene rings is 2. The topological polar surface area (TPSA) is 65.7 Å². The fraction of sp³-hybridized carbons (Fsp3) is 0.238. The van der Waals surface area contributed by atoms with E-state index < -0.39 is 0 Å². The summed E-state index contributed by atoms with van der Waals surface area (Å²) in [6.45, 7) is 5.26. The Morgan fingerprint density at radius 2 is 1.69 bits per heavy atom. The molecule has 5 heteroatoms. The third kappa shape index (κ3) is 3.33. The lowest BCUT2D eigenvalue weighted by Crippen LogP contribution is -2.15. The van der Waals surface area contributed by atoms with Crippen molar-refractivity contribution in [2.24, 2.45) is 5.92 Å². The van der Waals surface area contributed by atoms with Gasteiger partial charge in [0.15, 0.2) is 0 Å². The molecular formula is C21H20O5. The Morgan fingerprint density at radius 1 is 1.04 bits per heavy atom. The lowest BCUT2D eigenvalue weighted by atomic mass is 10.0. The molecule has 2 aromatic carbocycles. The second kappa shape index (κ2) is 7.04. The second-order valence-electron chi connectivity index (χ2n) is 6.32. The number of carbonyl (C=O) groups is 1. The van der Waals surface area contributed by atoms with Crippen LogP contribution in [-0.2, 0) is 4.79 Å². The van der Waals surface area contributed by atoms with Crippen LogP contribution in [0.4, 0.5) is 0 Å². The van der Waals surface area contributed by atoms with E-state index in [9.17, 15) is 9.59 Å². The highest BCUT2D eigenvalue weighted by molar-refractivity contribution is 5.84. The number of carbonyl (C=O) groups excluding carboxylic acids is 1. The van der Waals surface area contributed by atoms with Crippen LogP contribution in [0.1, 0.15) is 19.6 Å². The van der Waals surface area contributed by atoms with Crippen molar-refractivity contribution in [1.82, 2.24) is 0 Å². The van der Waals surface area contributed by atoms with Gasteiger partial charge in [-0.3, -0.25) is 9.59 Å². The molecule has 0 aliphatic rings. The Hall–Kier alpha value is -3.08. The van der Waals surface area contributed by atoms with Gasteiger partial charge in [-0.25, -0.2) is 0 Å². The highest BCUT2D eigenvalue weighted by atomic mass is 16.5. The highest BCUT2D eigenvalue weighted by Gasteiger charge is 2.16. The minimum Gasteiger partial charge on any atom is -0.497 e. The Bertz CT molecular complexity index is 1010. The summed E-state index contributed by atoms with van der Waals surface area (Å²) in [7, 11) is 1.59. The zero-order chi connectivity index (χ0) is 18.8. The summed E-state index contributed by atoms with van der Waals surface area (Å²) in [6, 6.07) is 12.0. The second-order valence-corrected chi connectivity index (χ2v) is 6.32. The predicted octanol–water partition coefficient (Wildman–Crippen LogP) is 4.34. The molecule has 0 atom stereocenters. The average molecular weight is 352 g/mol. The summed E-state index contributed by atoms with van der Waals surface area (Å²) in [5, 5.41) is 0.436. The van der Waals surface area contributed by atoms with Gasteiger partial charge in [0.1, 0.15) is 22.8 Å². The molecule has 0 aliphatic heterocycles. The van der Waals surface area contributed by atoms with E-state index in [1.807, 2.05) is 12.1 Å². The highest BCUT2D eigenvalue weighted by Crippen LogP contribution is 2.27. The number of hydrogen-bond acceptors (Lipinski definition) is 5. The number of hydrogen-bond donors (Lipinski definition) is 0. The van der Waals surface area contributed by atoms with E-state index in [1.165, 1.54) is 0 Å². The molecule has 134 valence electrons. The first-order valence-electron chi connectivity index (χ1n) is 8.34. The van der Waals surface area contributed by atoms with Gasteiger partial charge in [-0.15, -0.1) is 0 Å². The molecule has 0 saturated carbocycles. The van der Waals surface area contributed by atoms with E-state index in [2.05, 4.69) is 0 Å². The zero-order valence-corrected chi connectivity index (χ0v) is 15.2. The van der Waals surface area contributed by atoms with Crippen LogP contribution in [0.3, 0.4) is 0 Å². The monoisotopic (exact) mass is 352 g/mol. The van der Waals surface area contributed by atoms with Crippen molar-refractivity contribution in [3.8, 4) is 22.6 Å². The van der Waals surface area contributed by atoms with Crippen molar-refractivity contribution in [2.45, 2.75) is 20.8 Å². The molecule has 0 saturated heterocycles. The normalized spacial score (nSPS) is 11.0. The van der Waals surface area contributed by atoms with Gasteiger partial charge in [0, 0.05) is 6.07 Å². The van der Waals surface area contributed by atoms with Crippen molar-refractivity contribution < 1.29 is 18.7 Å². The third-order valence-corrected chi connectivity index (χ3v) is 4.11. The van der Waals surface area contributed by atoms with Gasteiger partial charge in [0.2, 0.25) is 5.43 Å². The Labute approximate surface area is 151 Å². The number of ether oxygens (including phenoxy) is 2. The molecule has 5 nitrogen and oxygen atoms in total. The van der Waals surface area contributed by atoms with E-state index in [1.54, 1.807) is 58.2 Å². The molecule has 26 heavy (non-hydrogen) atoms. The number of rotatable bonds is 4. The summed E-state index contributed by atoms with van der Waals surface area (Å²) in [5.74, 6) is 0.999. The molecule has 1 aromatic heterocycles. The number of fused-ring (bicyclic) bond motifs is 1. The lowest BCUT2D eigenvalue weighted by Gasteiger charge is -2.10. The number of esters is 1. The van der Waals surface area contributed by atoms with Gasteiger partial charge < -0.3 is 13.9 Å².